The monoisotopic (exact) mass is 282 g/mol. The molecule has 0 aliphatic carbocycles. The molecular formula is C16H30N2O2. The van der Waals surface area contributed by atoms with Crippen molar-refractivity contribution in [3.8, 4) is 0 Å². The summed E-state index contributed by atoms with van der Waals surface area (Å²) in [4.78, 5) is 12.2. The van der Waals surface area contributed by atoms with E-state index >= 15 is 0 Å². The lowest BCUT2D eigenvalue weighted by Gasteiger charge is -2.50. The minimum atomic E-state index is -0.489. The second kappa shape index (κ2) is 4.99. The molecule has 1 atom stereocenters. The average Bonchev–Trinajstić information content (AvgIpc) is 2.45. The molecule has 0 aromatic carbocycles. The van der Waals surface area contributed by atoms with E-state index in [1.54, 1.807) is 0 Å². The summed E-state index contributed by atoms with van der Waals surface area (Å²) in [6.07, 6.45) is 3.20. The third kappa shape index (κ3) is 3.53. The van der Waals surface area contributed by atoms with E-state index in [-0.39, 0.29) is 23.1 Å². The van der Waals surface area contributed by atoms with Gasteiger partial charge < -0.3 is 15.4 Å². The van der Waals surface area contributed by atoms with Crippen molar-refractivity contribution >= 4 is 5.91 Å². The number of hydrogen-bond donors (Lipinski definition) is 2. The first-order valence-corrected chi connectivity index (χ1v) is 7.82. The quantitative estimate of drug-likeness (QED) is 0.836. The molecule has 2 aliphatic heterocycles. The van der Waals surface area contributed by atoms with E-state index in [0.717, 1.165) is 25.7 Å². The van der Waals surface area contributed by atoms with Gasteiger partial charge in [0, 0.05) is 23.9 Å². The molecule has 2 aliphatic rings. The van der Waals surface area contributed by atoms with Crippen LogP contribution in [0.3, 0.4) is 0 Å². The van der Waals surface area contributed by atoms with Crippen molar-refractivity contribution in [3.63, 3.8) is 0 Å². The number of hydrogen-bond acceptors (Lipinski definition) is 3. The SMILES string of the molecule is CC(C)CCC1OC2(CC(C)(C)NC(C)(C)C2)NC1=O. The molecular weight excluding hydrogens is 252 g/mol. The molecule has 116 valence electrons. The largest absolute Gasteiger partial charge is 0.343 e. The van der Waals surface area contributed by atoms with Gasteiger partial charge in [-0.25, -0.2) is 0 Å². The lowest BCUT2D eigenvalue weighted by atomic mass is 9.77. The van der Waals surface area contributed by atoms with Crippen LogP contribution in [0.25, 0.3) is 0 Å². The molecule has 0 radical (unpaired) electrons. The van der Waals surface area contributed by atoms with E-state index in [1.807, 2.05) is 0 Å². The molecule has 0 bridgehead atoms. The molecule has 2 N–H and O–H groups in total. The first-order chi connectivity index (χ1) is 9.03. The maximum absolute atomic E-state index is 12.2. The van der Waals surface area contributed by atoms with Crippen LogP contribution in [-0.4, -0.2) is 28.8 Å². The molecule has 1 unspecified atom stereocenters. The Labute approximate surface area is 123 Å². The smallest absolute Gasteiger partial charge is 0.251 e. The molecule has 2 heterocycles. The Morgan fingerprint density at radius 2 is 1.75 bits per heavy atom. The molecule has 4 nitrogen and oxygen atoms in total. The molecule has 2 saturated heterocycles. The fourth-order valence-electron chi connectivity index (χ4n) is 4.00. The van der Waals surface area contributed by atoms with Gasteiger partial charge >= 0.3 is 0 Å². The fourth-order valence-corrected chi connectivity index (χ4v) is 4.00. The van der Waals surface area contributed by atoms with E-state index < -0.39 is 5.72 Å². The zero-order chi connectivity index (χ0) is 15.2. The predicted molar refractivity (Wildman–Crippen MR) is 80.3 cm³/mol. The van der Waals surface area contributed by atoms with Crippen molar-refractivity contribution in [1.82, 2.24) is 10.6 Å². The Bertz CT molecular complexity index is 372. The molecule has 20 heavy (non-hydrogen) atoms. The maximum Gasteiger partial charge on any atom is 0.251 e. The predicted octanol–water partition coefficient (Wildman–Crippen LogP) is 2.57. The second-order valence-corrected chi connectivity index (χ2v) is 8.31. The number of carbonyl (C=O) groups is 1. The maximum atomic E-state index is 12.2. The first kappa shape index (κ1) is 15.8. The van der Waals surface area contributed by atoms with Gasteiger partial charge in [-0.1, -0.05) is 13.8 Å². The molecule has 0 saturated carbocycles. The van der Waals surface area contributed by atoms with Crippen LogP contribution in [0.15, 0.2) is 0 Å². The van der Waals surface area contributed by atoms with Crippen molar-refractivity contribution in [1.29, 1.82) is 0 Å². The molecule has 4 heteroatoms. The molecule has 2 rings (SSSR count). The highest BCUT2D eigenvalue weighted by atomic mass is 16.5. The van der Waals surface area contributed by atoms with Crippen molar-refractivity contribution in [3.05, 3.63) is 0 Å². The lowest BCUT2D eigenvalue weighted by molar-refractivity contribution is -0.127. The van der Waals surface area contributed by atoms with Crippen LogP contribution >= 0.6 is 0 Å². The van der Waals surface area contributed by atoms with Crippen molar-refractivity contribution in [2.45, 2.75) is 90.1 Å². The number of piperidine rings is 1. The Morgan fingerprint density at radius 1 is 1.20 bits per heavy atom. The topological polar surface area (TPSA) is 50.4 Å². The minimum absolute atomic E-state index is 0.0397. The summed E-state index contributed by atoms with van der Waals surface area (Å²) in [5, 5.41) is 6.78. The highest BCUT2D eigenvalue weighted by Gasteiger charge is 2.54. The van der Waals surface area contributed by atoms with Crippen LogP contribution in [0.5, 0.6) is 0 Å². The zero-order valence-electron chi connectivity index (χ0n) is 13.8. The van der Waals surface area contributed by atoms with Gasteiger partial charge in [-0.05, 0) is 46.5 Å². The molecule has 0 aromatic heterocycles. The number of nitrogens with one attached hydrogen (secondary N) is 2. The Balaban J connectivity index is 2.10. The van der Waals surface area contributed by atoms with Gasteiger partial charge in [-0.3, -0.25) is 4.79 Å². The number of amides is 1. The molecule has 2 fully saturated rings. The third-order valence-electron chi connectivity index (χ3n) is 4.15. The average molecular weight is 282 g/mol. The Kier molecular flexibility index (Phi) is 3.93. The molecule has 1 spiro atoms. The summed E-state index contributed by atoms with van der Waals surface area (Å²) in [6, 6.07) is 0. The third-order valence-corrected chi connectivity index (χ3v) is 4.15. The van der Waals surface area contributed by atoms with Crippen molar-refractivity contribution in [2.24, 2.45) is 5.92 Å². The van der Waals surface area contributed by atoms with Gasteiger partial charge in [0.25, 0.3) is 5.91 Å². The van der Waals surface area contributed by atoms with Crippen LogP contribution in [0.1, 0.15) is 67.2 Å². The van der Waals surface area contributed by atoms with E-state index in [9.17, 15) is 4.79 Å². The van der Waals surface area contributed by atoms with Crippen LogP contribution in [-0.2, 0) is 9.53 Å². The van der Waals surface area contributed by atoms with E-state index in [4.69, 9.17) is 4.74 Å². The number of ether oxygens (including phenoxy) is 1. The molecule has 1 amide bonds. The van der Waals surface area contributed by atoms with Gasteiger partial charge in [0.1, 0.15) is 11.8 Å². The summed E-state index contributed by atoms with van der Waals surface area (Å²) in [6.45, 7) is 13.1. The van der Waals surface area contributed by atoms with E-state index in [1.165, 1.54) is 0 Å². The Hall–Kier alpha value is -0.610. The van der Waals surface area contributed by atoms with E-state index in [0.29, 0.717) is 5.92 Å². The fraction of sp³-hybridized carbons (Fsp3) is 0.938. The summed E-state index contributed by atoms with van der Waals surface area (Å²) in [7, 11) is 0. The first-order valence-electron chi connectivity index (χ1n) is 7.82. The van der Waals surface area contributed by atoms with Crippen LogP contribution in [0.4, 0.5) is 0 Å². The minimum Gasteiger partial charge on any atom is -0.343 e. The van der Waals surface area contributed by atoms with Gasteiger partial charge in [-0.2, -0.15) is 0 Å². The van der Waals surface area contributed by atoms with Gasteiger partial charge in [-0.15, -0.1) is 0 Å². The van der Waals surface area contributed by atoms with Crippen molar-refractivity contribution in [2.75, 3.05) is 0 Å². The summed E-state index contributed by atoms with van der Waals surface area (Å²) in [5.74, 6) is 0.669. The van der Waals surface area contributed by atoms with Crippen molar-refractivity contribution < 1.29 is 9.53 Å². The van der Waals surface area contributed by atoms with Gasteiger partial charge in [0.2, 0.25) is 0 Å². The standard InChI is InChI=1S/C16H30N2O2/c1-11(2)7-8-12-13(19)17-16(20-12)9-14(3,4)18-15(5,6)10-16/h11-12,18H,7-10H2,1-6H3,(H,17,19). The van der Waals surface area contributed by atoms with Crippen LogP contribution in [0.2, 0.25) is 0 Å². The van der Waals surface area contributed by atoms with Crippen LogP contribution in [0, 0.1) is 5.92 Å². The highest BCUT2D eigenvalue weighted by molar-refractivity contribution is 5.83. The van der Waals surface area contributed by atoms with Gasteiger partial charge in [0.15, 0.2) is 0 Å². The highest BCUT2D eigenvalue weighted by Crippen LogP contribution is 2.40. The lowest BCUT2D eigenvalue weighted by Crippen LogP contribution is -2.66. The van der Waals surface area contributed by atoms with E-state index in [2.05, 4.69) is 52.2 Å². The normalized spacial score (nSPS) is 30.8. The number of carbonyl (C=O) groups excluding carboxylic acids is 1. The summed E-state index contributed by atoms with van der Waals surface area (Å²) >= 11 is 0. The number of rotatable bonds is 3. The Morgan fingerprint density at radius 3 is 2.25 bits per heavy atom. The second-order valence-electron chi connectivity index (χ2n) is 8.31. The van der Waals surface area contributed by atoms with Gasteiger partial charge in [0.05, 0.1) is 0 Å². The summed E-state index contributed by atoms with van der Waals surface area (Å²) in [5.41, 5.74) is -0.569. The summed E-state index contributed by atoms with van der Waals surface area (Å²) < 4.78 is 6.22. The zero-order valence-corrected chi connectivity index (χ0v) is 13.8. The molecule has 0 aromatic rings. The van der Waals surface area contributed by atoms with Crippen LogP contribution < -0.4 is 10.6 Å².